The molecule has 0 aliphatic carbocycles. The van der Waals surface area contributed by atoms with Crippen LogP contribution in [0.4, 0.5) is 4.39 Å². The standard InChI is InChI=1S/C11H14BrClFN/c1-8(12)6-15(2)7-9-5-10(13)3-4-11(9)14/h3-5,8H,6-7H2,1-2H3. The van der Waals surface area contributed by atoms with Crippen LogP contribution in [0.25, 0.3) is 0 Å². The molecule has 0 saturated carbocycles. The molecule has 0 radical (unpaired) electrons. The molecule has 1 nitrogen and oxygen atoms in total. The molecule has 0 aliphatic heterocycles. The predicted molar refractivity (Wildman–Crippen MR) is 66.1 cm³/mol. The molecular weight excluding hydrogens is 280 g/mol. The maximum Gasteiger partial charge on any atom is 0.127 e. The van der Waals surface area contributed by atoms with Crippen molar-refractivity contribution in [3.05, 3.63) is 34.6 Å². The smallest absolute Gasteiger partial charge is 0.127 e. The first-order valence-corrected chi connectivity index (χ1v) is 6.05. The minimum Gasteiger partial charge on any atom is -0.301 e. The fraction of sp³-hybridized carbons (Fsp3) is 0.455. The molecule has 0 heterocycles. The Morgan fingerprint density at radius 1 is 1.53 bits per heavy atom. The van der Waals surface area contributed by atoms with Gasteiger partial charge in [-0.15, -0.1) is 0 Å². The van der Waals surface area contributed by atoms with Gasteiger partial charge in [0.1, 0.15) is 5.82 Å². The Kier molecular flexibility index (Phi) is 5.03. The average Bonchev–Trinajstić information content (AvgIpc) is 2.10. The van der Waals surface area contributed by atoms with Gasteiger partial charge in [0.2, 0.25) is 0 Å². The first kappa shape index (κ1) is 12.9. The summed E-state index contributed by atoms with van der Waals surface area (Å²) < 4.78 is 13.4. The Morgan fingerprint density at radius 3 is 2.80 bits per heavy atom. The summed E-state index contributed by atoms with van der Waals surface area (Å²) in [5.41, 5.74) is 0.637. The molecule has 1 aromatic carbocycles. The third kappa shape index (κ3) is 4.49. The van der Waals surface area contributed by atoms with E-state index in [0.29, 0.717) is 22.0 Å². The number of rotatable bonds is 4. The molecule has 0 amide bonds. The Balaban J connectivity index is 2.67. The molecule has 0 spiro atoms. The van der Waals surface area contributed by atoms with Gasteiger partial charge in [0.25, 0.3) is 0 Å². The van der Waals surface area contributed by atoms with Crippen LogP contribution in [0, 0.1) is 5.82 Å². The van der Waals surface area contributed by atoms with Crippen molar-refractivity contribution < 1.29 is 4.39 Å². The van der Waals surface area contributed by atoms with E-state index in [4.69, 9.17) is 11.6 Å². The van der Waals surface area contributed by atoms with Gasteiger partial charge < -0.3 is 4.90 Å². The van der Waals surface area contributed by atoms with Crippen LogP contribution in [0.2, 0.25) is 5.02 Å². The van der Waals surface area contributed by atoms with E-state index < -0.39 is 0 Å². The highest BCUT2D eigenvalue weighted by molar-refractivity contribution is 9.09. The van der Waals surface area contributed by atoms with Gasteiger partial charge in [0.15, 0.2) is 0 Å². The van der Waals surface area contributed by atoms with Crippen LogP contribution in [0.1, 0.15) is 12.5 Å². The van der Waals surface area contributed by atoms with E-state index in [1.54, 1.807) is 12.1 Å². The van der Waals surface area contributed by atoms with Gasteiger partial charge in [0, 0.05) is 28.5 Å². The van der Waals surface area contributed by atoms with E-state index in [1.807, 2.05) is 11.9 Å². The van der Waals surface area contributed by atoms with Crippen LogP contribution < -0.4 is 0 Å². The highest BCUT2D eigenvalue weighted by atomic mass is 79.9. The summed E-state index contributed by atoms with van der Waals surface area (Å²) in [7, 11) is 1.96. The maximum absolute atomic E-state index is 13.4. The van der Waals surface area contributed by atoms with Gasteiger partial charge in [-0.2, -0.15) is 0 Å². The monoisotopic (exact) mass is 293 g/mol. The summed E-state index contributed by atoms with van der Waals surface area (Å²) in [6.45, 7) is 3.50. The maximum atomic E-state index is 13.4. The zero-order chi connectivity index (χ0) is 11.4. The van der Waals surface area contributed by atoms with Gasteiger partial charge in [-0.05, 0) is 25.2 Å². The van der Waals surface area contributed by atoms with E-state index in [2.05, 4.69) is 22.9 Å². The molecule has 15 heavy (non-hydrogen) atoms. The lowest BCUT2D eigenvalue weighted by atomic mass is 10.2. The number of hydrogen-bond acceptors (Lipinski definition) is 1. The second-order valence-corrected chi connectivity index (χ2v) is 5.71. The zero-order valence-corrected chi connectivity index (χ0v) is 11.1. The van der Waals surface area contributed by atoms with Crippen molar-refractivity contribution in [3.8, 4) is 0 Å². The molecular formula is C11H14BrClFN. The van der Waals surface area contributed by atoms with E-state index in [-0.39, 0.29) is 5.82 Å². The predicted octanol–water partition coefficient (Wildman–Crippen LogP) is 3.69. The lowest BCUT2D eigenvalue weighted by Gasteiger charge is -2.18. The van der Waals surface area contributed by atoms with Gasteiger partial charge in [-0.25, -0.2) is 4.39 Å². The zero-order valence-electron chi connectivity index (χ0n) is 8.80. The highest BCUT2D eigenvalue weighted by Gasteiger charge is 2.08. The van der Waals surface area contributed by atoms with Crippen LogP contribution in [0.5, 0.6) is 0 Å². The first-order valence-electron chi connectivity index (χ1n) is 4.75. The summed E-state index contributed by atoms with van der Waals surface area (Å²) in [5, 5.41) is 0.576. The Hall–Kier alpha value is -0.120. The SMILES string of the molecule is CC(Br)CN(C)Cc1cc(Cl)ccc1F. The van der Waals surface area contributed by atoms with Crippen molar-refractivity contribution in [2.24, 2.45) is 0 Å². The number of halogens is 3. The Bertz CT molecular complexity index is 330. The van der Waals surface area contributed by atoms with E-state index in [1.165, 1.54) is 6.07 Å². The molecule has 1 atom stereocenters. The van der Waals surface area contributed by atoms with Crippen molar-refractivity contribution in [2.75, 3.05) is 13.6 Å². The summed E-state index contributed by atoms with van der Waals surface area (Å²) in [6, 6.07) is 4.64. The number of alkyl halides is 1. The van der Waals surface area contributed by atoms with Crippen molar-refractivity contribution in [1.82, 2.24) is 4.90 Å². The molecule has 0 saturated heterocycles. The Labute approximate surface area is 103 Å². The minimum absolute atomic E-state index is 0.200. The fourth-order valence-electron chi connectivity index (χ4n) is 1.45. The molecule has 0 aliphatic rings. The lowest BCUT2D eigenvalue weighted by Crippen LogP contribution is -2.24. The molecule has 0 aromatic heterocycles. The Morgan fingerprint density at radius 2 is 2.20 bits per heavy atom. The molecule has 1 rings (SSSR count). The normalized spacial score (nSPS) is 13.2. The highest BCUT2D eigenvalue weighted by Crippen LogP contribution is 2.16. The summed E-state index contributed by atoms with van der Waals surface area (Å²) in [4.78, 5) is 2.44. The van der Waals surface area contributed by atoms with Crippen LogP contribution in [-0.2, 0) is 6.54 Å². The molecule has 0 N–H and O–H groups in total. The van der Waals surface area contributed by atoms with Gasteiger partial charge >= 0.3 is 0 Å². The minimum atomic E-state index is -0.200. The molecule has 1 unspecified atom stereocenters. The van der Waals surface area contributed by atoms with Crippen LogP contribution in [-0.4, -0.2) is 23.3 Å². The summed E-state index contributed by atoms with van der Waals surface area (Å²) >= 11 is 9.27. The van der Waals surface area contributed by atoms with Crippen LogP contribution in [0.3, 0.4) is 0 Å². The third-order valence-corrected chi connectivity index (χ3v) is 2.54. The topological polar surface area (TPSA) is 3.24 Å². The summed E-state index contributed by atoms with van der Waals surface area (Å²) in [5.74, 6) is -0.200. The second kappa shape index (κ2) is 5.83. The molecule has 4 heteroatoms. The van der Waals surface area contributed by atoms with E-state index >= 15 is 0 Å². The molecule has 0 bridgehead atoms. The van der Waals surface area contributed by atoms with Gasteiger partial charge in [-0.3, -0.25) is 0 Å². The number of nitrogens with zero attached hydrogens (tertiary/aromatic N) is 1. The molecule has 1 aromatic rings. The lowest BCUT2D eigenvalue weighted by molar-refractivity contribution is 0.327. The van der Waals surface area contributed by atoms with Crippen LogP contribution >= 0.6 is 27.5 Å². The number of benzene rings is 1. The van der Waals surface area contributed by atoms with Crippen molar-refractivity contribution in [2.45, 2.75) is 18.3 Å². The average molecular weight is 295 g/mol. The summed E-state index contributed by atoms with van der Waals surface area (Å²) in [6.07, 6.45) is 0. The largest absolute Gasteiger partial charge is 0.301 e. The van der Waals surface area contributed by atoms with Crippen molar-refractivity contribution in [1.29, 1.82) is 0 Å². The van der Waals surface area contributed by atoms with Crippen molar-refractivity contribution in [3.63, 3.8) is 0 Å². The van der Waals surface area contributed by atoms with E-state index in [9.17, 15) is 4.39 Å². The fourth-order valence-corrected chi connectivity index (χ4v) is 2.14. The quantitative estimate of drug-likeness (QED) is 0.766. The van der Waals surface area contributed by atoms with Gasteiger partial charge in [0.05, 0.1) is 0 Å². The van der Waals surface area contributed by atoms with Crippen molar-refractivity contribution >= 4 is 27.5 Å². The number of hydrogen-bond donors (Lipinski definition) is 0. The third-order valence-electron chi connectivity index (χ3n) is 2.01. The second-order valence-electron chi connectivity index (χ2n) is 3.71. The van der Waals surface area contributed by atoms with E-state index in [0.717, 1.165) is 6.54 Å². The molecule has 0 fully saturated rings. The molecule has 84 valence electrons. The first-order chi connectivity index (χ1) is 6.99. The van der Waals surface area contributed by atoms with Crippen LogP contribution in [0.15, 0.2) is 18.2 Å². The van der Waals surface area contributed by atoms with Gasteiger partial charge in [-0.1, -0.05) is 34.5 Å².